The van der Waals surface area contributed by atoms with Crippen LogP contribution in [0.5, 0.6) is 0 Å². The molecule has 0 spiro atoms. The lowest BCUT2D eigenvalue weighted by molar-refractivity contribution is 0.0757. The van der Waals surface area contributed by atoms with E-state index in [-0.39, 0.29) is 5.91 Å². The summed E-state index contributed by atoms with van der Waals surface area (Å²) in [5.74, 6) is 1.07. The minimum atomic E-state index is 0.0502. The summed E-state index contributed by atoms with van der Waals surface area (Å²) in [6, 6.07) is 3.74. The first-order chi connectivity index (χ1) is 9.20. The van der Waals surface area contributed by atoms with E-state index in [9.17, 15) is 4.79 Å². The summed E-state index contributed by atoms with van der Waals surface area (Å²) in [5.41, 5.74) is 1.52. The normalized spacial score (nSPS) is 19.3. The zero-order valence-electron chi connectivity index (χ0n) is 11.6. The van der Waals surface area contributed by atoms with Crippen LogP contribution in [0.4, 0.5) is 5.69 Å². The number of amides is 1. The Morgan fingerprint density at radius 2 is 2.42 bits per heavy atom. The Bertz CT molecular complexity index is 421. The molecule has 1 aliphatic rings. The van der Waals surface area contributed by atoms with Gasteiger partial charge in [0.2, 0.25) is 0 Å². The van der Waals surface area contributed by atoms with Crippen LogP contribution < -0.4 is 5.32 Å². The van der Waals surface area contributed by atoms with E-state index in [1.165, 1.54) is 0 Å². The molecule has 1 atom stereocenters. The number of pyridine rings is 1. The fourth-order valence-corrected chi connectivity index (χ4v) is 3.07. The number of carbonyl (C=O) groups is 1. The average Bonchev–Trinajstić information content (AvgIpc) is 2.45. The fourth-order valence-electron chi connectivity index (χ4n) is 2.06. The number of thioether (sulfide) groups is 1. The molecule has 5 heteroatoms. The number of rotatable bonds is 4. The molecule has 104 valence electrons. The summed E-state index contributed by atoms with van der Waals surface area (Å²) >= 11 is 1.92. The smallest absolute Gasteiger partial charge is 0.272 e. The Kier molecular flexibility index (Phi) is 5.07. The van der Waals surface area contributed by atoms with Crippen molar-refractivity contribution in [1.29, 1.82) is 0 Å². The van der Waals surface area contributed by atoms with Gasteiger partial charge in [0.25, 0.3) is 5.91 Å². The summed E-state index contributed by atoms with van der Waals surface area (Å²) in [6.07, 6.45) is 2.81. The maximum absolute atomic E-state index is 12.3. The molecule has 0 radical (unpaired) electrons. The first-order valence-corrected chi connectivity index (χ1v) is 7.86. The number of nitrogens with one attached hydrogen (secondary N) is 1. The number of hydrogen-bond acceptors (Lipinski definition) is 4. The third-order valence-corrected chi connectivity index (χ3v) is 4.23. The molecule has 0 saturated carbocycles. The number of anilines is 1. The Morgan fingerprint density at radius 3 is 3.05 bits per heavy atom. The zero-order chi connectivity index (χ0) is 13.7. The highest BCUT2D eigenvalue weighted by Crippen LogP contribution is 2.19. The number of aromatic nitrogens is 1. The van der Waals surface area contributed by atoms with Gasteiger partial charge in [-0.1, -0.05) is 13.8 Å². The Balaban J connectivity index is 1.98. The molecule has 1 aliphatic heterocycles. The van der Waals surface area contributed by atoms with Gasteiger partial charge >= 0.3 is 0 Å². The monoisotopic (exact) mass is 279 g/mol. The molecule has 1 amide bonds. The second-order valence-corrected chi connectivity index (χ2v) is 6.34. The van der Waals surface area contributed by atoms with E-state index in [0.29, 0.717) is 10.9 Å². The van der Waals surface area contributed by atoms with Gasteiger partial charge in [-0.3, -0.25) is 4.79 Å². The third kappa shape index (κ3) is 3.86. The highest BCUT2D eigenvalue weighted by atomic mass is 32.2. The largest absolute Gasteiger partial charge is 0.384 e. The highest BCUT2D eigenvalue weighted by molar-refractivity contribution is 7.99. The van der Waals surface area contributed by atoms with Crippen LogP contribution in [-0.4, -0.2) is 46.4 Å². The summed E-state index contributed by atoms with van der Waals surface area (Å²) in [4.78, 5) is 18.5. The molecule has 0 aliphatic carbocycles. The van der Waals surface area contributed by atoms with Gasteiger partial charge in [0.1, 0.15) is 5.69 Å². The van der Waals surface area contributed by atoms with Crippen LogP contribution in [0.15, 0.2) is 18.3 Å². The van der Waals surface area contributed by atoms with Gasteiger partial charge in [0.15, 0.2) is 0 Å². The molecule has 0 bridgehead atoms. The first kappa shape index (κ1) is 14.2. The quantitative estimate of drug-likeness (QED) is 0.919. The summed E-state index contributed by atoms with van der Waals surface area (Å²) in [7, 11) is 0. The van der Waals surface area contributed by atoms with Crippen molar-refractivity contribution in [2.45, 2.75) is 25.5 Å². The number of hydrogen-bond donors (Lipinski definition) is 1. The molecule has 2 heterocycles. The number of carbonyl (C=O) groups excluding carboxylic acids is 1. The van der Waals surface area contributed by atoms with Crippen molar-refractivity contribution in [3.63, 3.8) is 0 Å². The predicted octanol–water partition coefficient (Wildman–Crippen LogP) is 2.48. The highest BCUT2D eigenvalue weighted by Gasteiger charge is 2.22. The summed E-state index contributed by atoms with van der Waals surface area (Å²) < 4.78 is 0. The maximum Gasteiger partial charge on any atom is 0.272 e. The van der Waals surface area contributed by atoms with Crippen molar-refractivity contribution in [1.82, 2.24) is 9.88 Å². The lowest BCUT2D eigenvalue weighted by atomic mass is 10.2. The first-order valence-electron chi connectivity index (χ1n) is 6.81. The molecule has 1 aromatic rings. The molecular formula is C14H21N3OS. The molecule has 1 aromatic heterocycles. The Labute approximate surface area is 119 Å². The molecule has 1 saturated heterocycles. The van der Waals surface area contributed by atoms with Gasteiger partial charge in [-0.25, -0.2) is 4.98 Å². The minimum absolute atomic E-state index is 0.0502. The van der Waals surface area contributed by atoms with Gasteiger partial charge in [-0.05, 0) is 18.6 Å². The molecule has 0 aromatic carbocycles. The van der Waals surface area contributed by atoms with E-state index < -0.39 is 0 Å². The molecule has 1 fully saturated rings. The lowest BCUT2D eigenvalue weighted by Crippen LogP contribution is -2.41. The van der Waals surface area contributed by atoms with Crippen LogP contribution in [0.3, 0.4) is 0 Å². The molecule has 1 unspecified atom stereocenters. The maximum atomic E-state index is 12.3. The molecule has 2 rings (SSSR count). The van der Waals surface area contributed by atoms with E-state index in [1.807, 2.05) is 28.8 Å². The van der Waals surface area contributed by atoms with Crippen LogP contribution in [0.25, 0.3) is 0 Å². The number of nitrogens with zero attached hydrogens (tertiary/aromatic N) is 2. The van der Waals surface area contributed by atoms with Gasteiger partial charge in [0.05, 0.1) is 11.9 Å². The second kappa shape index (κ2) is 6.80. The van der Waals surface area contributed by atoms with Crippen molar-refractivity contribution in [2.75, 3.05) is 30.7 Å². The van der Waals surface area contributed by atoms with Crippen molar-refractivity contribution in [3.05, 3.63) is 24.0 Å². The second-order valence-electron chi connectivity index (χ2n) is 4.79. The van der Waals surface area contributed by atoms with Gasteiger partial charge < -0.3 is 10.2 Å². The Morgan fingerprint density at radius 1 is 1.58 bits per heavy atom. The lowest BCUT2D eigenvalue weighted by Gasteiger charge is -2.30. The minimum Gasteiger partial charge on any atom is -0.384 e. The van der Waals surface area contributed by atoms with E-state index in [0.717, 1.165) is 37.5 Å². The summed E-state index contributed by atoms with van der Waals surface area (Å²) in [6.45, 7) is 6.85. The van der Waals surface area contributed by atoms with Crippen molar-refractivity contribution in [3.8, 4) is 0 Å². The standard InChI is InChI=1S/C14H21N3OS/c1-3-6-15-12-4-5-13(16-9-12)14(18)17-7-8-19-11(2)10-17/h4-5,9,11,15H,3,6-8,10H2,1-2H3. The zero-order valence-corrected chi connectivity index (χ0v) is 12.4. The van der Waals surface area contributed by atoms with E-state index in [1.54, 1.807) is 6.20 Å². The summed E-state index contributed by atoms with van der Waals surface area (Å²) in [5, 5.41) is 3.77. The van der Waals surface area contributed by atoms with Crippen molar-refractivity contribution in [2.24, 2.45) is 0 Å². The van der Waals surface area contributed by atoms with E-state index in [4.69, 9.17) is 0 Å². The topological polar surface area (TPSA) is 45.2 Å². The van der Waals surface area contributed by atoms with E-state index in [2.05, 4.69) is 24.1 Å². The molecule has 4 nitrogen and oxygen atoms in total. The van der Waals surface area contributed by atoms with Crippen LogP contribution >= 0.6 is 11.8 Å². The van der Waals surface area contributed by atoms with Gasteiger partial charge in [0, 0.05) is 30.6 Å². The fraction of sp³-hybridized carbons (Fsp3) is 0.571. The third-order valence-electron chi connectivity index (χ3n) is 3.09. The van der Waals surface area contributed by atoms with Crippen LogP contribution in [0.1, 0.15) is 30.8 Å². The molecule has 19 heavy (non-hydrogen) atoms. The Hall–Kier alpha value is -1.23. The van der Waals surface area contributed by atoms with Crippen LogP contribution in [-0.2, 0) is 0 Å². The van der Waals surface area contributed by atoms with Crippen molar-refractivity contribution < 1.29 is 4.79 Å². The van der Waals surface area contributed by atoms with E-state index >= 15 is 0 Å². The average molecular weight is 279 g/mol. The predicted molar refractivity (Wildman–Crippen MR) is 80.8 cm³/mol. The van der Waals surface area contributed by atoms with Gasteiger partial charge in [-0.2, -0.15) is 11.8 Å². The van der Waals surface area contributed by atoms with Crippen LogP contribution in [0.2, 0.25) is 0 Å². The van der Waals surface area contributed by atoms with Crippen molar-refractivity contribution >= 4 is 23.4 Å². The SMILES string of the molecule is CCCNc1ccc(C(=O)N2CCSC(C)C2)nc1. The van der Waals surface area contributed by atoms with Gasteiger partial charge in [-0.15, -0.1) is 0 Å². The molecular weight excluding hydrogens is 258 g/mol. The molecule has 1 N–H and O–H groups in total. The van der Waals surface area contributed by atoms with Crippen LogP contribution in [0, 0.1) is 0 Å².